The maximum Gasteiger partial charge on any atom is 0.321 e. The van der Waals surface area contributed by atoms with Crippen molar-refractivity contribution in [1.29, 1.82) is 0 Å². The second-order valence-corrected chi connectivity index (χ2v) is 3.19. The summed E-state index contributed by atoms with van der Waals surface area (Å²) in [6.07, 6.45) is 0. The third kappa shape index (κ3) is 7.19. The van der Waals surface area contributed by atoms with Crippen LogP contribution in [0.4, 0.5) is 0 Å². The SMILES string of the molecule is N[C@H](CS(=O)(=O)O)C(=O)O.O. The summed E-state index contributed by atoms with van der Waals surface area (Å²) >= 11 is 0. The van der Waals surface area contributed by atoms with Crippen LogP contribution >= 0.6 is 0 Å². The van der Waals surface area contributed by atoms with Crippen molar-refractivity contribution in [2.45, 2.75) is 6.04 Å². The van der Waals surface area contributed by atoms with Gasteiger partial charge < -0.3 is 16.3 Å². The van der Waals surface area contributed by atoms with E-state index in [0.717, 1.165) is 0 Å². The molecule has 68 valence electrons. The zero-order chi connectivity index (χ0) is 8.36. The number of carbonyl (C=O) groups is 1. The van der Waals surface area contributed by atoms with Gasteiger partial charge in [0.15, 0.2) is 0 Å². The molecule has 0 radical (unpaired) electrons. The van der Waals surface area contributed by atoms with E-state index in [0.29, 0.717) is 0 Å². The smallest absolute Gasteiger partial charge is 0.321 e. The number of hydrogen-bond acceptors (Lipinski definition) is 4. The molecule has 8 heteroatoms. The number of rotatable bonds is 3. The maximum atomic E-state index is 9.96. The van der Waals surface area contributed by atoms with Crippen LogP contribution in [-0.2, 0) is 14.9 Å². The van der Waals surface area contributed by atoms with Crippen molar-refractivity contribution >= 4 is 16.1 Å². The van der Waals surface area contributed by atoms with Gasteiger partial charge in [-0.1, -0.05) is 0 Å². The van der Waals surface area contributed by atoms with Crippen molar-refractivity contribution in [3.63, 3.8) is 0 Å². The lowest BCUT2D eigenvalue weighted by atomic mass is 10.4. The van der Waals surface area contributed by atoms with Crippen molar-refractivity contribution in [3.05, 3.63) is 0 Å². The van der Waals surface area contributed by atoms with Crippen LogP contribution in [0, 0.1) is 0 Å². The minimum Gasteiger partial charge on any atom is -0.480 e. The predicted octanol–water partition coefficient (Wildman–Crippen LogP) is -2.54. The Bertz CT molecular complexity index is 220. The summed E-state index contributed by atoms with van der Waals surface area (Å²) < 4.78 is 28.0. The summed E-state index contributed by atoms with van der Waals surface area (Å²) in [5.41, 5.74) is 4.76. The van der Waals surface area contributed by atoms with Gasteiger partial charge in [0.2, 0.25) is 0 Å². The van der Waals surface area contributed by atoms with Gasteiger partial charge in [0.25, 0.3) is 10.1 Å². The van der Waals surface area contributed by atoms with Crippen molar-refractivity contribution in [3.8, 4) is 0 Å². The van der Waals surface area contributed by atoms with Gasteiger partial charge in [-0.2, -0.15) is 8.42 Å². The fourth-order valence-corrected chi connectivity index (χ4v) is 0.895. The molecule has 0 aliphatic rings. The van der Waals surface area contributed by atoms with Gasteiger partial charge in [-0.3, -0.25) is 9.35 Å². The van der Waals surface area contributed by atoms with Crippen molar-refractivity contribution in [2.75, 3.05) is 5.75 Å². The van der Waals surface area contributed by atoms with Gasteiger partial charge in [-0.25, -0.2) is 0 Å². The molecule has 0 aromatic heterocycles. The molecule has 0 aromatic rings. The molecule has 0 aliphatic carbocycles. The summed E-state index contributed by atoms with van der Waals surface area (Å²) in [6, 6.07) is -1.56. The first-order valence-electron chi connectivity index (χ1n) is 2.26. The molecule has 0 saturated carbocycles. The third-order valence-corrected chi connectivity index (χ3v) is 1.49. The maximum absolute atomic E-state index is 9.96. The average Bonchev–Trinajstić information content (AvgIpc) is 1.60. The summed E-state index contributed by atoms with van der Waals surface area (Å²) in [6.45, 7) is 0. The Hall–Kier alpha value is -0.700. The molecule has 0 bridgehead atoms. The first kappa shape index (κ1) is 12.9. The van der Waals surface area contributed by atoms with Crippen LogP contribution in [0.25, 0.3) is 0 Å². The normalized spacial score (nSPS) is 13.3. The van der Waals surface area contributed by atoms with E-state index >= 15 is 0 Å². The largest absolute Gasteiger partial charge is 0.480 e. The Morgan fingerprint density at radius 2 is 1.91 bits per heavy atom. The molecule has 0 spiro atoms. The quantitative estimate of drug-likeness (QED) is 0.414. The molecule has 1 atom stereocenters. The Balaban J connectivity index is 0. The zero-order valence-corrected chi connectivity index (χ0v) is 6.21. The minimum absolute atomic E-state index is 0. The average molecular weight is 187 g/mol. The standard InChI is InChI=1S/C3H7NO5S.H2O/c4-2(3(5)6)1-10(7,8)9;/h2H,1,4H2,(H,5,6)(H,7,8,9);1H2/t2-;/m1./s1. The van der Waals surface area contributed by atoms with E-state index in [1.807, 2.05) is 0 Å². The monoisotopic (exact) mass is 187 g/mol. The van der Waals surface area contributed by atoms with E-state index in [9.17, 15) is 13.2 Å². The minimum atomic E-state index is -4.27. The molecule has 0 rings (SSSR count). The molecule has 0 amide bonds. The number of aliphatic carboxylic acids is 1. The van der Waals surface area contributed by atoms with Crippen LogP contribution in [0.5, 0.6) is 0 Å². The highest BCUT2D eigenvalue weighted by molar-refractivity contribution is 7.85. The van der Waals surface area contributed by atoms with Gasteiger partial charge in [-0.05, 0) is 0 Å². The summed E-state index contributed by atoms with van der Waals surface area (Å²) in [5.74, 6) is -2.42. The zero-order valence-electron chi connectivity index (χ0n) is 5.39. The Kier molecular flexibility index (Phi) is 4.98. The van der Waals surface area contributed by atoms with Crippen LogP contribution in [0.1, 0.15) is 0 Å². The fraction of sp³-hybridized carbons (Fsp3) is 0.667. The Morgan fingerprint density at radius 3 is 2.00 bits per heavy atom. The summed E-state index contributed by atoms with van der Waals surface area (Å²) in [4.78, 5) is 9.88. The van der Waals surface area contributed by atoms with Crippen LogP contribution < -0.4 is 5.73 Å². The molecule has 0 unspecified atom stereocenters. The van der Waals surface area contributed by atoms with Crippen molar-refractivity contribution in [2.24, 2.45) is 5.73 Å². The van der Waals surface area contributed by atoms with Crippen LogP contribution in [-0.4, -0.2) is 41.3 Å². The number of carboxylic acids is 1. The fourth-order valence-electron chi connectivity index (χ4n) is 0.298. The third-order valence-electron chi connectivity index (χ3n) is 0.707. The molecule has 0 aromatic carbocycles. The van der Waals surface area contributed by atoms with E-state index in [1.165, 1.54) is 0 Å². The molecule has 11 heavy (non-hydrogen) atoms. The molecule has 0 saturated heterocycles. The van der Waals surface area contributed by atoms with E-state index in [1.54, 1.807) is 0 Å². The number of nitrogens with two attached hydrogens (primary N) is 1. The summed E-state index contributed by atoms with van der Waals surface area (Å²) in [7, 11) is -4.27. The van der Waals surface area contributed by atoms with Crippen molar-refractivity contribution in [1.82, 2.24) is 0 Å². The van der Waals surface area contributed by atoms with Crippen molar-refractivity contribution < 1.29 is 28.3 Å². The lowest BCUT2D eigenvalue weighted by Crippen LogP contribution is -2.36. The van der Waals surface area contributed by atoms with E-state index in [4.69, 9.17) is 15.4 Å². The predicted molar refractivity (Wildman–Crippen MR) is 35.6 cm³/mol. The first-order chi connectivity index (χ1) is 4.33. The molecular formula is C3H9NO6S. The lowest BCUT2D eigenvalue weighted by molar-refractivity contribution is -0.138. The van der Waals surface area contributed by atoms with E-state index in [2.05, 4.69) is 0 Å². The highest BCUT2D eigenvalue weighted by atomic mass is 32.2. The first-order valence-corrected chi connectivity index (χ1v) is 3.87. The van der Waals surface area contributed by atoms with Gasteiger partial charge in [0, 0.05) is 0 Å². The van der Waals surface area contributed by atoms with Gasteiger partial charge in [0.05, 0.1) is 0 Å². The number of hydrogen-bond donors (Lipinski definition) is 3. The Morgan fingerprint density at radius 1 is 1.55 bits per heavy atom. The molecule has 6 N–H and O–H groups in total. The molecular weight excluding hydrogens is 178 g/mol. The Labute approximate surface area is 62.9 Å². The van der Waals surface area contributed by atoms with Gasteiger partial charge in [-0.15, -0.1) is 0 Å². The molecule has 0 aliphatic heterocycles. The van der Waals surface area contributed by atoms with Crippen LogP contribution in [0.2, 0.25) is 0 Å². The highest BCUT2D eigenvalue weighted by Crippen LogP contribution is 1.86. The van der Waals surface area contributed by atoms with E-state index in [-0.39, 0.29) is 5.48 Å². The second kappa shape index (κ2) is 4.23. The van der Waals surface area contributed by atoms with E-state index < -0.39 is 27.9 Å². The molecule has 7 nitrogen and oxygen atoms in total. The number of carboxylic acid groups (broad SMARTS) is 1. The highest BCUT2D eigenvalue weighted by Gasteiger charge is 2.18. The molecule has 0 fully saturated rings. The van der Waals surface area contributed by atoms with Crippen LogP contribution in [0.15, 0.2) is 0 Å². The lowest BCUT2D eigenvalue weighted by Gasteiger charge is -2.01. The van der Waals surface area contributed by atoms with Gasteiger partial charge in [0.1, 0.15) is 11.8 Å². The van der Waals surface area contributed by atoms with Crippen LogP contribution in [0.3, 0.4) is 0 Å². The topological polar surface area (TPSA) is 149 Å². The summed E-state index contributed by atoms with van der Waals surface area (Å²) in [5, 5.41) is 8.04. The molecule has 0 heterocycles. The van der Waals surface area contributed by atoms with Gasteiger partial charge >= 0.3 is 5.97 Å². The second-order valence-electron chi connectivity index (χ2n) is 1.69.